The molecule has 1 amide bonds. The molecule has 2 heterocycles. The second kappa shape index (κ2) is 5.99. The standard InChI is InChI=1S/C22H22N2O/c1-14-9-10-19-18(13-14)21(15(2)16(3)23-19)22(25)24-12-11-20(24)17-7-5-4-6-8-17/h4-10,13,20H,11-12H2,1-3H3/t20-/m0/s1. The number of hydrogen-bond donors (Lipinski definition) is 0. The van der Waals surface area contributed by atoms with E-state index in [0.29, 0.717) is 0 Å². The highest BCUT2D eigenvalue weighted by atomic mass is 16.2. The van der Waals surface area contributed by atoms with Gasteiger partial charge in [-0.2, -0.15) is 0 Å². The van der Waals surface area contributed by atoms with Gasteiger partial charge in [0, 0.05) is 17.6 Å². The van der Waals surface area contributed by atoms with Gasteiger partial charge in [-0.15, -0.1) is 0 Å². The topological polar surface area (TPSA) is 33.2 Å². The highest BCUT2D eigenvalue weighted by molar-refractivity contribution is 6.08. The monoisotopic (exact) mass is 330 g/mol. The Hall–Kier alpha value is -2.68. The number of carbonyl (C=O) groups is 1. The summed E-state index contributed by atoms with van der Waals surface area (Å²) in [7, 11) is 0. The van der Waals surface area contributed by atoms with Gasteiger partial charge in [0.05, 0.1) is 17.1 Å². The van der Waals surface area contributed by atoms with Crippen LogP contribution in [-0.4, -0.2) is 22.3 Å². The Kier molecular flexibility index (Phi) is 3.79. The van der Waals surface area contributed by atoms with Crippen LogP contribution in [0.4, 0.5) is 0 Å². The highest BCUT2D eigenvalue weighted by Gasteiger charge is 2.35. The number of carbonyl (C=O) groups excluding carboxylic acids is 1. The van der Waals surface area contributed by atoms with Gasteiger partial charge in [-0.05, 0) is 50.5 Å². The largest absolute Gasteiger partial charge is 0.331 e. The third-order valence-corrected chi connectivity index (χ3v) is 5.31. The van der Waals surface area contributed by atoms with Gasteiger partial charge in [0.25, 0.3) is 5.91 Å². The molecule has 1 aliphatic rings. The molecular weight excluding hydrogens is 308 g/mol. The average Bonchev–Trinajstić information content (AvgIpc) is 2.56. The maximum atomic E-state index is 13.4. The Morgan fingerprint density at radius 3 is 2.52 bits per heavy atom. The number of amides is 1. The van der Waals surface area contributed by atoms with Crippen molar-refractivity contribution >= 4 is 16.8 Å². The Morgan fingerprint density at radius 1 is 1.08 bits per heavy atom. The van der Waals surface area contributed by atoms with E-state index in [4.69, 9.17) is 0 Å². The third kappa shape index (κ3) is 2.60. The minimum absolute atomic E-state index is 0.124. The van der Waals surface area contributed by atoms with Crippen molar-refractivity contribution in [2.24, 2.45) is 0 Å². The molecule has 0 aliphatic carbocycles. The van der Waals surface area contributed by atoms with Gasteiger partial charge in [-0.25, -0.2) is 0 Å². The lowest BCUT2D eigenvalue weighted by molar-refractivity contribution is 0.0461. The molecule has 0 N–H and O–H groups in total. The zero-order chi connectivity index (χ0) is 17.6. The average molecular weight is 330 g/mol. The van der Waals surface area contributed by atoms with Gasteiger partial charge in [-0.1, -0.05) is 42.0 Å². The fraction of sp³-hybridized carbons (Fsp3) is 0.273. The first kappa shape index (κ1) is 15.8. The number of fused-ring (bicyclic) bond motifs is 1. The van der Waals surface area contributed by atoms with Crippen molar-refractivity contribution in [2.45, 2.75) is 33.2 Å². The number of hydrogen-bond acceptors (Lipinski definition) is 2. The van der Waals surface area contributed by atoms with Crippen LogP contribution in [0.5, 0.6) is 0 Å². The fourth-order valence-corrected chi connectivity index (χ4v) is 3.67. The summed E-state index contributed by atoms with van der Waals surface area (Å²) in [6.45, 7) is 6.86. The highest BCUT2D eigenvalue weighted by Crippen LogP contribution is 2.36. The van der Waals surface area contributed by atoms with E-state index in [1.165, 1.54) is 5.56 Å². The zero-order valence-electron chi connectivity index (χ0n) is 14.9. The molecular formula is C22H22N2O. The van der Waals surface area contributed by atoms with Crippen molar-refractivity contribution in [1.29, 1.82) is 0 Å². The maximum Gasteiger partial charge on any atom is 0.255 e. The molecule has 0 unspecified atom stereocenters. The molecule has 4 rings (SSSR count). The normalized spacial score (nSPS) is 16.8. The Bertz CT molecular complexity index is 963. The minimum Gasteiger partial charge on any atom is -0.331 e. The van der Waals surface area contributed by atoms with Gasteiger partial charge in [-0.3, -0.25) is 9.78 Å². The van der Waals surface area contributed by atoms with Gasteiger partial charge >= 0.3 is 0 Å². The van der Waals surface area contributed by atoms with Crippen LogP contribution in [0.2, 0.25) is 0 Å². The van der Waals surface area contributed by atoms with Crippen LogP contribution >= 0.6 is 0 Å². The lowest BCUT2D eigenvalue weighted by Crippen LogP contribution is -2.45. The van der Waals surface area contributed by atoms with Crippen molar-refractivity contribution in [3.8, 4) is 0 Å². The number of aromatic nitrogens is 1. The number of aryl methyl sites for hydroxylation is 2. The van der Waals surface area contributed by atoms with Crippen molar-refractivity contribution in [2.75, 3.05) is 6.54 Å². The number of likely N-dealkylation sites (tertiary alicyclic amines) is 1. The molecule has 3 nitrogen and oxygen atoms in total. The molecule has 3 heteroatoms. The van der Waals surface area contributed by atoms with Crippen LogP contribution in [-0.2, 0) is 0 Å². The fourth-order valence-electron chi connectivity index (χ4n) is 3.67. The lowest BCUT2D eigenvalue weighted by atomic mass is 9.91. The number of benzene rings is 2. The summed E-state index contributed by atoms with van der Waals surface area (Å²) in [4.78, 5) is 20.1. The molecule has 1 aromatic heterocycles. The van der Waals surface area contributed by atoms with Crippen LogP contribution in [0.25, 0.3) is 10.9 Å². The smallest absolute Gasteiger partial charge is 0.255 e. The van der Waals surface area contributed by atoms with Crippen LogP contribution in [0.3, 0.4) is 0 Å². The van der Waals surface area contributed by atoms with Crippen LogP contribution in [0, 0.1) is 20.8 Å². The predicted octanol–water partition coefficient (Wildman–Crippen LogP) is 4.75. The molecule has 1 saturated heterocycles. The number of pyridine rings is 1. The quantitative estimate of drug-likeness (QED) is 0.679. The summed E-state index contributed by atoms with van der Waals surface area (Å²) in [5.41, 5.74) is 5.99. The predicted molar refractivity (Wildman–Crippen MR) is 101 cm³/mol. The SMILES string of the molecule is Cc1ccc2nc(C)c(C)c(C(=O)N3CC[C@H]3c3ccccc3)c2c1. The first-order chi connectivity index (χ1) is 12.1. The summed E-state index contributed by atoms with van der Waals surface area (Å²) in [6.07, 6.45) is 1.02. The maximum absolute atomic E-state index is 13.4. The van der Waals surface area contributed by atoms with E-state index >= 15 is 0 Å². The molecule has 0 radical (unpaired) electrons. The molecule has 25 heavy (non-hydrogen) atoms. The molecule has 3 aromatic rings. The van der Waals surface area contributed by atoms with E-state index in [9.17, 15) is 4.79 Å². The molecule has 0 saturated carbocycles. The van der Waals surface area contributed by atoms with Crippen molar-refractivity contribution in [3.05, 3.63) is 76.5 Å². The second-order valence-electron chi connectivity index (χ2n) is 6.93. The molecule has 126 valence electrons. The summed E-state index contributed by atoms with van der Waals surface area (Å²) >= 11 is 0. The van der Waals surface area contributed by atoms with Gasteiger partial charge in [0.1, 0.15) is 0 Å². The van der Waals surface area contributed by atoms with Gasteiger partial charge in [0.15, 0.2) is 0 Å². The molecule has 2 aromatic carbocycles. The molecule has 1 aliphatic heterocycles. The first-order valence-electron chi connectivity index (χ1n) is 8.80. The summed E-state index contributed by atoms with van der Waals surface area (Å²) in [5, 5.41) is 0.965. The van der Waals surface area contributed by atoms with E-state index in [0.717, 1.165) is 46.3 Å². The van der Waals surface area contributed by atoms with Crippen LogP contribution in [0.1, 0.15) is 45.2 Å². The summed E-state index contributed by atoms with van der Waals surface area (Å²) in [5.74, 6) is 0.124. The first-order valence-corrected chi connectivity index (χ1v) is 8.80. The Labute approximate surface area is 148 Å². The van der Waals surface area contributed by atoms with Gasteiger partial charge < -0.3 is 4.90 Å². The Balaban J connectivity index is 1.80. The zero-order valence-corrected chi connectivity index (χ0v) is 14.9. The van der Waals surface area contributed by atoms with Crippen LogP contribution < -0.4 is 0 Å². The molecule has 1 atom stereocenters. The summed E-state index contributed by atoms with van der Waals surface area (Å²) < 4.78 is 0. The van der Waals surface area contributed by atoms with E-state index in [2.05, 4.69) is 36.2 Å². The second-order valence-corrected chi connectivity index (χ2v) is 6.93. The number of rotatable bonds is 2. The number of nitrogens with zero attached hydrogens (tertiary/aromatic N) is 2. The van der Waals surface area contributed by atoms with E-state index in [1.54, 1.807) is 0 Å². The summed E-state index contributed by atoms with van der Waals surface area (Å²) in [6, 6.07) is 16.6. The van der Waals surface area contributed by atoms with E-state index in [-0.39, 0.29) is 11.9 Å². The van der Waals surface area contributed by atoms with E-state index < -0.39 is 0 Å². The minimum atomic E-state index is 0.124. The van der Waals surface area contributed by atoms with Gasteiger partial charge in [0.2, 0.25) is 0 Å². The van der Waals surface area contributed by atoms with Crippen molar-refractivity contribution in [3.63, 3.8) is 0 Å². The Morgan fingerprint density at radius 2 is 1.84 bits per heavy atom. The van der Waals surface area contributed by atoms with Crippen molar-refractivity contribution in [1.82, 2.24) is 9.88 Å². The van der Waals surface area contributed by atoms with Crippen LogP contribution in [0.15, 0.2) is 48.5 Å². The molecule has 1 fully saturated rings. The van der Waals surface area contributed by atoms with E-state index in [1.807, 2.05) is 43.0 Å². The molecule has 0 spiro atoms. The van der Waals surface area contributed by atoms with Crippen molar-refractivity contribution < 1.29 is 4.79 Å². The molecule has 0 bridgehead atoms. The lowest BCUT2D eigenvalue weighted by Gasteiger charge is -2.42. The third-order valence-electron chi connectivity index (χ3n) is 5.31.